The molecule has 0 fully saturated rings. The van der Waals surface area contributed by atoms with E-state index in [0.717, 1.165) is 16.5 Å². The van der Waals surface area contributed by atoms with Gasteiger partial charge in [0.25, 0.3) is 0 Å². The Labute approximate surface area is 116 Å². The Bertz CT molecular complexity index is 582. The maximum absolute atomic E-state index is 10.8. The van der Waals surface area contributed by atoms with Gasteiger partial charge in [-0.3, -0.25) is 0 Å². The highest BCUT2D eigenvalue weighted by atomic mass is 32.1. The van der Waals surface area contributed by atoms with Crippen LogP contribution in [0.3, 0.4) is 0 Å². The molecule has 2 aromatic rings. The van der Waals surface area contributed by atoms with Crippen LogP contribution in [-0.4, -0.2) is 16.1 Å². The molecule has 0 amide bonds. The van der Waals surface area contributed by atoms with Gasteiger partial charge in [0.15, 0.2) is 5.13 Å². The third kappa shape index (κ3) is 3.32. The molecule has 0 saturated carbocycles. The number of nitrogens with zero attached hydrogens (tertiary/aromatic N) is 1. The molecular formula is C14H16N2O2S. The van der Waals surface area contributed by atoms with Gasteiger partial charge in [-0.1, -0.05) is 20.8 Å². The first-order valence-corrected chi connectivity index (χ1v) is 6.80. The summed E-state index contributed by atoms with van der Waals surface area (Å²) in [5.74, 6) is -0.921. The quantitative estimate of drug-likeness (QED) is 0.893. The summed E-state index contributed by atoms with van der Waals surface area (Å²) in [6.07, 6.45) is 0. The third-order valence-electron chi connectivity index (χ3n) is 2.66. The second kappa shape index (κ2) is 5.01. The highest BCUT2D eigenvalue weighted by Crippen LogP contribution is 2.28. The maximum Gasteiger partial charge on any atom is 0.335 e. The van der Waals surface area contributed by atoms with E-state index in [1.165, 1.54) is 0 Å². The van der Waals surface area contributed by atoms with Crippen LogP contribution >= 0.6 is 11.3 Å². The van der Waals surface area contributed by atoms with Gasteiger partial charge in [-0.2, -0.15) is 0 Å². The molecule has 1 aromatic carbocycles. The zero-order valence-corrected chi connectivity index (χ0v) is 11.9. The number of carboxylic acids is 1. The molecule has 19 heavy (non-hydrogen) atoms. The van der Waals surface area contributed by atoms with E-state index in [-0.39, 0.29) is 11.0 Å². The van der Waals surface area contributed by atoms with Crippen molar-refractivity contribution in [3.05, 3.63) is 40.9 Å². The summed E-state index contributed by atoms with van der Waals surface area (Å²) in [6, 6.07) is 6.62. The second-order valence-corrected chi connectivity index (χ2v) is 6.15. The summed E-state index contributed by atoms with van der Waals surface area (Å²) >= 11 is 1.54. The Morgan fingerprint density at radius 3 is 2.37 bits per heavy atom. The summed E-state index contributed by atoms with van der Waals surface area (Å²) in [5, 5.41) is 14.9. The molecule has 100 valence electrons. The molecule has 4 nitrogen and oxygen atoms in total. The molecule has 2 N–H and O–H groups in total. The van der Waals surface area contributed by atoms with E-state index < -0.39 is 5.97 Å². The molecule has 0 aliphatic carbocycles. The van der Waals surface area contributed by atoms with Crippen LogP contribution in [0.25, 0.3) is 0 Å². The van der Waals surface area contributed by atoms with Crippen LogP contribution in [0.1, 0.15) is 36.8 Å². The summed E-state index contributed by atoms with van der Waals surface area (Å²) in [7, 11) is 0. The molecule has 0 unspecified atom stereocenters. The lowest BCUT2D eigenvalue weighted by atomic mass is 9.93. The molecule has 5 heteroatoms. The van der Waals surface area contributed by atoms with Gasteiger partial charge in [-0.15, -0.1) is 11.3 Å². The minimum atomic E-state index is -0.921. The second-order valence-electron chi connectivity index (χ2n) is 5.30. The van der Waals surface area contributed by atoms with Crippen molar-refractivity contribution in [2.45, 2.75) is 26.2 Å². The molecule has 0 aliphatic rings. The minimum Gasteiger partial charge on any atom is -0.478 e. The van der Waals surface area contributed by atoms with Crippen molar-refractivity contribution in [1.82, 2.24) is 4.98 Å². The van der Waals surface area contributed by atoms with Crippen molar-refractivity contribution >= 4 is 28.1 Å². The zero-order valence-electron chi connectivity index (χ0n) is 11.1. The Balaban J connectivity index is 2.13. The first-order valence-electron chi connectivity index (χ1n) is 5.92. The lowest BCUT2D eigenvalue weighted by Crippen LogP contribution is -2.11. The smallest absolute Gasteiger partial charge is 0.335 e. The van der Waals surface area contributed by atoms with Crippen molar-refractivity contribution in [1.29, 1.82) is 0 Å². The first kappa shape index (κ1) is 13.5. The number of hydrogen-bond acceptors (Lipinski definition) is 4. The average Bonchev–Trinajstić information content (AvgIpc) is 2.78. The predicted octanol–water partition coefficient (Wildman–Crippen LogP) is 3.88. The third-order valence-corrected chi connectivity index (χ3v) is 3.41. The Hall–Kier alpha value is -1.88. The molecule has 1 aromatic heterocycles. The van der Waals surface area contributed by atoms with Crippen LogP contribution in [0, 0.1) is 0 Å². The number of anilines is 2. The van der Waals surface area contributed by atoms with Crippen molar-refractivity contribution in [3.63, 3.8) is 0 Å². The molecule has 0 radical (unpaired) electrons. The summed E-state index contributed by atoms with van der Waals surface area (Å²) in [4.78, 5) is 15.3. The SMILES string of the molecule is CC(C)(C)c1csc(Nc2ccc(C(=O)O)cc2)n1. The number of carbonyl (C=O) groups is 1. The highest BCUT2D eigenvalue weighted by Gasteiger charge is 2.17. The van der Waals surface area contributed by atoms with E-state index in [1.54, 1.807) is 35.6 Å². The predicted molar refractivity (Wildman–Crippen MR) is 77.5 cm³/mol. The van der Waals surface area contributed by atoms with Crippen LogP contribution < -0.4 is 5.32 Å². The number of nitrogens with one attached hydrogen (secondary N) is 1. The Morgan fingerprint density at radius 1 is 1.26 bits per heavy atom. The van der Waals surface area contributed by atoms with Crippen LogP contribution in [0.15, 0.2) is 29.6 Å². The van der Waals surface area contributed by atoms with Crippen LogP contribution in [0.4, 0.5) is 10.8 Å². The molecule has 0 aliphatic heterocycles. The van der Waals surface area contributed by atoms with Gasteiger partial charge < -0.3 is 10.4 Å². The molecular weight excluding hydrogens is 260 g/mol. The zero-order chi connectivity index (χ0) is 14.0. The standard InChI is InChI=1S/C14H16N2O2S/c1-14(2,3)11-8-19-13(16-11)15-10-6-4-9(5-7-10)12(17)18/h4-8H,1-3H3,(H,15,16)(H,17,18). The number of carboxylic acid groups (broad SMARTS) is 1. The number of rotatable bonds is 3. The summed E-state index contributed by atoms with van der Waals surface area (Å²) < 4.78 is 0. The highest BCUT2D eigenvalue weighted by molar-refractivity contribution is 7.13. The fraction of sp³-hybridized carbons (Fsp3) is 0.286. The van der Waals surface area contributed by atoms with E-state index in [2.05, 4.69) is 31.1 Å². The molecule has 0 spiro atoms. The number of benzene rings is 1. The van der Waals surface area contributed by atoms with Gasteiger partial charge in [0.2, 0.25) is 0 Å². The van der Waals surface area contributed by atoms with Crippen molar-refractivity contribution < 1.29 is 9.90 Å². The van der Waals surface area contributed by atoms with Gasteiger partial charge >= 0.3 is 5.97 Å². The monoisotopic (exact) mass is 276 g/mol. The Kier molecular flexibility index (Phi) is 3.57. The lowest BCUT2D eigenvalue weighted by Gasteiger charge is -2.14. The van der Waals surface area contributed by atoms with Crippen molar-refractivity contribution in [2.75, 3.05) is 5.32 Å². The normalized spacial score (nSPS) is 11.3. The van der Waals surface area contributed by atoms with Crippen molar-refractivity contribution in [2.24, 2.45) is 0 Å². The first-order chi connectivity index (χ1) is 8.86. The lowest BCUT2D eigenvalue weighted by molar-refractivity contribution is 0.0697. The molecule has 0 saturated heterocycles. The average molecular weight is 276 g/mol. The largest absolute Gasteiger partial charge is 0.478 e. The number of hydrogen-bond donors (Lipinski definition) is 2. The van der Waals surface area contributed by atoms with Gasteiger partial charge in [0.05, 0.1) is 11.3 Å². The van der Waals surface area contributed by atoms with Crippen LogP contribution in [0.2, 0.25) is 0 Å². The molecule has 0 atom stereocenters. The molecule has 2 rings (SSSR count). The Morgan fingerprint density at radius 2 is 1.89 bits per heavy atom. The van der Waals surface area contributed by atoms with Crippen LogP contribution in [0.5, 0.6) is 0 Å². The van der Waals surface area contributed by atoms with Crippen LogP contribution in [-0.2, 0) is 5.41 Å². The van der Waals surface area contributed by atoms with Crippen molar-refractivity contribution in [3.8, 4) is 0 Å². The fourth-order valence-corrected chi connectivity index (χ4v) is 2.45. The number of aromatic carboxylic acids is 1. The van der Waals surface area contributed by atoms with Gasteiger partial charge in [0.1, 0.15) is 0 Å². The van der Waals surface area contributed by atoms with Gasteiger partial charge in [-0.25, -0.2) is 9.78 Å². The molecule has 0 bridgehead atoms. The van der Waals surface area contributed by atoms with E-state index in [1.807, 2.05) is 5.38 Å². The number of thiazole rings is 1. The van der Waals surface area contributed by atoms with Gasteiger partial charge in [0, 0.05) is 16.5 Å². The summed E-state index contributed by atoms with van der Waals surface area (Å²) in [6.45, 7) is 6.36. The minimum absolute atomic E-state index is 0.0313. The van der Waals surface area contributed by atoms with E-state index in [9.17, 15) is 4.79 Å². The van der Waals surface area contributed by atoms with Gasteiger partial charge in [-0.05, 0) is 24.3 Å². The van der Waals surface area contributed by atoms with E-state index >= 15 is 0 Å². The fourth-order valence-electron chi connectivity index (χ4n) is 1.50. The number of aromatic nitrogens is 1. The van der Waals surface area contributed by atoms with E-state index in [0.29, 0.717) is 0 Å². The molecule has 1 heterocycles. The summed E-state index contributed by atoms with van der Waals surface area (Å²) in [5.41, 5.74) is 2.19. The van der Waals surface area contributed by atoms with E-state index in [4.69, 9.17) is 5.11 Å². The topological polar surface area (TPSA) is 62.2 Å². The maximum atomic E-state index is 10.8.